The Labute approximate surface area is 118 Å². The number of aliphatic hydroxyl groups excluding tert-OH is 1. The summed E-state index contributed by atoms with van der Waals surface area (Å²) in [5.41, 5.74) is 1.35. The van der Waals surface area contributed by atoms with Crippen molar-refractivity contribution in [1.82, 2.24) is 0 Å². The molecule has 1 fully saturated rings. The Bertz CT molecular complexity index is 407. The van der Waals surface area contributed by atoms with Crippen LogP contribution in [0, 0.1) is 5.41 Å². The van der Waals surface area contributed by atoms with Crippen LogP contribution in [0.5, 0.6) is 0 Å². The molecule has 2 rings (SSSR count). The van der Waals surface area contributed by atoms with Crippen molar-refractivity contribution in [1.29, 1.82) is 0 Å². The standard InChI is InChI=1S/C15H22BrNO/c1-14(2)6-8-15(11-18,9-7-14)17-13-5-3-4-12(16)10-13/h3-5,10,17-18H,6-9,11H2,1-2H3. The van der Waals surface area contributed by atoms with Crippen molar-refractivity contribution in [2.45, 2.75) is 45.1 Å². The van der Waals surface area contributed by atoms with Gasteiger partial charge in [0, 0.05) is 10.2 Å². The maximum Gasteiger partial charge on any atom is 0.0661 e. The highest BCUT2D eigenvalue weighted by atomic mass is 79.9. The van der Waals surface area contributed by atoms with E-state index in [0.29, 0.717) is 5.41 Å². The Morgan fingerprint density at radius 3 is 2.44 bits per heavy atom. The zero-order valence-electron chi connectivity index (χ0n) is 11.2. The molecule has 2 nitrogen and oxygen atoms in total. The number of anilines is 1. The lowest BCUT2D eigenvalue weighted by Crippen LogP contribution is -2.46. The van der Waals surface area contributed by atoms with E-state index in [1.54, 1.807) is 0 Å². The molecule has 0 bridgehead atoms. The van der Waals surface area contributed by atoms with Crippen LogP contribution in [-0.2, 0) is 0 Å². The van der Waals surface area contributed by atoms with E-state index >= 15 is 0 Å². The van der Waals surface area contributed by atoms with E-state index in [9.17, 15) is 5.11 Å². The fraction of sp³-hybridized carbons (Fsp3) is 0.600. The maximum atomic E-state index is 9.77. The summed E-state index contributed by atoms with van der Waals surface area (Å²) in [6, 6.07) is 8.16. The van der Waals surface area contributed by atoms with Crippen molar-refractivity contribution in [3.63, 3.8) is 0 Å². The lowest BCUT2D eigenvalue weighted by Gasteiger charge is -2.43. The van der Waals surface area contributed by atoms with Crippen LogP contribution in [0.25, 0.3) is 0 Å². The fourth-order valence-electron chi connectivity index (χ4n) is 2.60. The summed E-state index contributed by atoms with van der Waals surface area (Å²) in [5, 5.41) is 13.3. The average Bonchev–Trinajstić information content (AvgIpc) is 2.33. The fourth-order valence-corrected chi connectivity index (χ4v) is 3.00. The molecular formula is C15H22BrNO. The first-order valence-corrected chi connectivity index (χ1v) is 7.39. The van der Waals surface area contributed by atoms with Crippen LogP contribution < -0.4 is 5.32 Å². The average molecular weight is 312 g/mol. The zero-order valence-corrected chi connectivity index (χ0v) is 12.8. The Morgan fingerprint density at radius 1 is 1.22 bits per heavy atom. The molecule has 18 heavy (non-hydrogen) atoms. The number of rotatable bonds is 3. The number of hydrogen-bond acceptors (Lipinski definition) is 2. The minimum Gasteiger partial charge on any atom is -0.394 e. The van der Waals surface area contributed by atoms with Gasteiger partial charge < -0.3 is 10.4 Å². The van der Waals surface area contributed by atoms with Crippen molar-refractivity contribution >= 4 is 21.6 Å². The van der Waals surface area contributed by atoms with Crippen LogP contribution in [0.15, 0.2) is 28.7 Å². The molecule has 0 heterocycles. The monoisotopic (exact) mass is 311 g/mol. The predicted octanol–water partition coefficient (Wildman–Crippen LogP) is 4.19. The normalized spacial score (nSPS) is 21.6. The molecule has 1 aromatic rings. The number of hydrogen-bond donors (Lipinski definition) is 2. The second-order valence-electron chi connectivity index (χ2n) is 6.24. The highest BCUT2D eigenvalue weighted by Gasteiger charge is 2.37. The van der Waals surface area contributed by atoms with Crippen LogP contribution in [0.4, 0.5) is 5.69 Å². The molecule has 0 spiro atoms. The highest BCUT2D eigenvalue weighted by Crippen LogP contribution is 2.41. The third-order valence-electron chi connectivity index (χ3n) is 4.10. The lowest BCUT2D eigenvalue weighted by atomic mass is 9.69. The molecule has 0 atom stereocenters. The van der Waals surface area contributed by atoms with Crippen molar-refractivity contribution in [3.05, 3.63) is 28.7 Å². The van der Waals surface area contributed by atoms with E-state index in [2.05, 4.69) is 47.2 Å². The van der Waals surface area contributed by atoms with E-state index in [-0.39, 0.29) is 12.1 Å². The number of nitrogens with one attached hydrogen (secondary N) is 1. The molecular weight excluding hydrogens is 290 g/mol. The van der Waals surface area contributed by atoms with Gasteiger partial charge in [-0.15, -0.1) is 0 Å². The summed E-state index contributed by atoms with van der Waals surface area (Å²) >= 11 is 3.48. The Balaban J connectivity index is 2.10. The minimum atomic E-state index is -0.143. The van der Waals surface area contributed by atoms with Crippen LogP contribution >= 0.6 is 15.9 Å². The quantitative estimate of drug-likeness (QED) is 0.877. The zero-order chi connectivity index (χ0) is 13.2. The van der Waals surface area contributed by atoms with Gasteiger partial charge in [0.05, 0.1) is 12.1 Å². The molecule has 0 unspecified atom stereocenters. The van der Waals surface area contributed by atoms with Gasteiger partial charge in [-0.2, -0.15) is 0 Å². The molecule has 2 N–H and O–H groups in total. The Hall–Kier alpha value is -0.540. The highest BCUT2D eigenvalue weighted by molar-refractivity contribution is 9.10. The smallest absolute Gasteiger partial charge is 0.0661 e. The predicted molar refractivity (Wildman–Crippen MR) is 79.8 cm³/mol. The van der Waals surface area contributed by atoms with Crippen LogP contribution in [0.2, 0.25) is 0 Å². The third-order valence-corrected chi connectivity index (χ3v) is 4.59. The topological polar surface area (TPSA) is 32.3 Å². The van der Waals surface area contributed by atoms with Gasteiger partial charge in [0.1, 0.15) is 0 Å². The second-order valence-corrected chi connectivity index (χ2v) is 7.15. The molecule has 0 aromatic heterocycles. The van der Waals surface area contributed by atoms with Crippen LogP contribution in [0.1, 0.15) is 39.5 Å². The summed E-state index contributed by atoms with van der Waals surface area (Å²) in [5.74, 6) is 0. The van der Waals surface area contributed by atoms with Crippen molar-refractivity contribution in [3.8, 4) is 0 Å². The van der Waals surface area contributed by atoms with Gasteiger partial charge in [0.25, 0.3) is 0 Å². The van der Waals surface area contributed by atoms with Gasteiger partial charge in [0.15, 0.2) is 0 Å². The minimum absolute atomic E-state index is 0.143. The molecule has 0 saturated heterocycles. The first-order chi connectivity index (χ1) is 8.45. The molecule has 3 heteroatoms. The maximum absolute atomic E-state index is 9.77. The van der Waals surface area contributed by atoms with Gasteiger partial charge >= 0.3 is 0 Å². The molecule has 1 aliphatic carbocycles. The first kappa shape index (κ1) is 13.9. The molecule has 0 aliphatic heterocycles. The molecule has 100 valence electrons. The molecule has 1 aliphatic rings. The van der Waals surface area contributed by atoms with Crippen molar-refractivity contribution in [2.24, 2.45) is 5.41 Å². The summed E-state index contributed by atoms with van der Waals surface area (Å²) in [6.07, 6.45) is 4.38. The van der Waals surface area contributed by atoms with Crippen LogP contribution in [0.3, 0.4) is 0 Å². The summed E-state index contributed by atoms with van der Waals surface area (Å²) in [7, 11) is 0. The molecule has 1 aromatic carbocycles. The first-order valence-electron chi connectivity index (χ1n) is 6.59. The number of aliphatic hydroxyl groups is 1. The second kappa shape index (κ2) is 5.22. The lowest BCUT2D eigenvalue weighted by molar-refractivity contribution is 0.118. The Kier molecular flexibility index (Phi) is 4.02. The van der Waals surface area contributed by atoms with E-state index in [4.69, 9.17) is 0 Å². The summed E-state index contributed by atoms with van der Waals surface area (Å²) in [6.45, 7) is 4.83. The van der Waals surface area contributed by atoms with E-state index in [1.807, 2.05) is 12.1 Å². The van der Waals surface area contributed by atoms with Gasteiger partial charge in [-0.3, -0.25) is 0 Å². The summed E-state index contributed by atoms with van der Waals surface area (Å²) < 4.78 is 1.07. The van der Waals surface area contributed by atoms with E-state index in [0.717, 1.165) is 35.8 Å². The SMILES string of the molecule is CC1(C)CCC(CO)(Nc2cccc(Br)c2)CC1. The Morgan fingerprint density at radius 2 is 1.89 bits per heavy atom. The van der Waals surface area contributed by atoms with Crippen molar-refractivity contribution < 1.29 is 5.11 Å². The number of benzene rings is 1. The third kappa shape index (κ3) is 3.27. The van der Waals surface area contributed by atoms with Gasteiger partial charge in [-0.25, -0.2) is 0 Å². The molecule has 0 amide bonds. The summed E-state index contributed by atoms with van der Waals surface area (Å²) in [4.78, 5) is 0. The van der Waals surface area contributed by atoms with E-state index in [1.165, 1.54) is 0 Å². The molecule has 1 saturated carbocycles. The number of halogens is 1. The van der Waals surface area contributed by atoms with Gasteiger partial charge in [-0.05, 0) is 49.3 Å². The van der Waals surface area contributed by atoms with Crippen LogP contribution in [-0.4, -0.2) is 17.3 Å². The van der Waals surface area contributed by atoms with E-state index < -0.39 is 0 Å². The molecule has 0 radical (unpaired) electrons. The van der Waals surface area contributed by atoms with Gasteiger partial charge in [0.2, 0.25) is 0 Å². The van der Waals surface area contributed by atoms with Gasteiger partial charge in [-0.1, -0.05) is 35.8 Å². The largest absolute Gasteiger partial charge is 0.394 e. The van der Waals surface area contributed by atoms with Crippen molar-refractivity contribution in [2.75, 3.05) is 11.9 Å².